The summed E-state index contributed by atoms with van der Waals surface area (Å²) in [7, 11) is -6.71. The second kappa shape index (κ2) is 5.13. The van der Waals surface area contributed by atoms with E-state index in [1.807, 2.05) is 4.72 Å². The molecule has 0 amide bonds. The van der Waals surface area contributed by atoms with Crippen LogP contribution in [0, 0.1) is 11.3 Å². The quantitative estimate of drug-likeness (QED) is 0.624. The molecule has 1 aromatic carbocycles. The van der Waals surface area contributed by atoms with Crippen molar-refractivity contribution in [2.45, 2.75) is 5.75 Å². The Morgan fingerprint density at radius 3 is 2.53 bits per heavy atom. The molecule has 3 N–H and O–H groups in total. The highest BCUT2D eigenvalue weighted by Gasteiger charge is 2.11. The molecule has 0 aliphatic rings. The van der Waals surface area contributed by atoms with Gasteiger partial charge in [-0.1, -0.05) is 12.1 Å². The van der Waals surface area contributed by atoms with Crippen LogP contribution in [0.4, 0.5) is 5.69 Å². The SMILES string of the molecule is N#Cc1c(C[SH](=O)=O)cccc1NS(N)(=O)=O. The Kier molecular flexibility index (Phi) is 4.06. The molecule has 17 heavy (non-hydrogen) atoms. The highest BCUT2D eigenvalue weighted by atomic mass is 32.2. The fourth-order valence-corrected chi connectivity index (χ4v) is 2.26. The van der Waals surface area contributed by atoms with Gasteiger partial charge in [-0.3, -0.25) is 4.72 Å². The molecule has 0 unspecified atom stereocenters. The van der Waals surface area contributed by atoms with E-state index in [2.05, 4.69) is 0 Å². The maximum atomic E-state index is 10.8. The molecular formula is C8H9N3O4S2. The minimum atomic E-state index is -4.01. The second-order valence-corrected chi connectivity index (χ2v) is 5.37. The average Bonchev–Trinajstić information content (AvgIpc) is 2.14. The minimum Gasteiger partial charge on any atom is -0.270 e. The van der Waals surface area contributed by atoms with E-state index < -0.39 is 20.9 Å². The van der Waals surface area contributed by atoms with Crippen LogP contribution in [0.25, 0.3) is 0 Å². The van der Waals surface area contributed by atoms with Crippen molar-refractivity contribution in [3.8, 4) is 6.07 Å². The van der Waals surface area contributed by atoms with Crippen LogP contribution in [0.2, 0.25) is 0 Å². The van der Waals surface area contributed by atoms with Gasteiger partial charge in [-0.2, -0.15) is 13.7 Å². The Hall–Kier alpha value is -1.63. The molecule has 1 rings (SSSR count). The first-order chi connectivity index (χ1) is 7.83. The van der Waals surface area contributed by atoms with E-state index >= 15 is 0 Å². The summed E-state index contributed by atoms with van der Waals surface area (Å²) in [5, 5.41) is 13.7. The molecule has 0 aromatic heterocycles. The first-order valence-electron chi connectivity index (χ1n) is 4.28. The van der Waals surface area contributed by atoms with E-state index in [9.17, 15) is 16.8 Å². The summed E-state index contributed by atoms with van der Waals surface area (Å²) in [6.45, 7) is 0. The van der Waals surface area contributed by atoms with Crippen molar-refractivity contribution in [1.82, 2.24) is 0 Å². The van der Waals surface area contributed by atoms with Crippen LogP contribution in [0.3, 0.4) is 0 Å². The number of hydrogen-bond acceptors (Lipinski definition) is 5. The number of nitriles is 1. The van der Waals surface area contributed by atoms with E-state index in [0.717, 1.165) is 0 Å². The topological polar surface area (TPSA) is 130 Å². The van der Waals surface area contributed by atoms with Crippen LogP contribution >= 0.6 is 0 Å². The van der Waals surface area contributed by atoms with E-state index in [0.29, 0.717) is 0 Å². The molecule has 0 saturated carbocycles. The minimum absolute atomic E-state index is 0.0376. The summed E-state index contributed by atoms with van der Waals surface area (Å²) in [5.74, 6) is -0.335. The lowest BCUT2D eigenvalue weighted by Gasteiger charge is -2.08. The molecule has 0 heterocycles. The molecule has 0 bridgehead atoms. The van der Waals surface area contributed by atoms with Crippen molar-refractivity contribution in [1.29, 1.82) is 5.26 Å². The third-order valence-electron chi connectivity index (χ3n) is 1.81. The fourth-order valence-electron chi connectivity index (χ4n) is 1.24. The van der Waals surface area contributed by atoms with Gasteiger partial charge in [0.25, 0.3) is 10.2 Å². The summed E-state index contributed by atoms with van der Waals surface area (Å²) in [6, 6.07) is 5.93. The lowest BCUT2D eigenvalue weighted by molar-refractivity contribution is 0.602. The summed E-state index contributed by atoms with van der Waals surface area (Å²) >= 11 is 0. The van der Waals surface area contributed by atoms with Crippen molar-refractivity contribution in [2.75, 3.05) is 4.72 Å². The van der Waals surface area contributed by atoms with E-state index in [4.69, 9.17) is 10.4 Å². The number of nitrogens with zero attached hydrogens (tertiary/aromatic N) is 1. The first kappa shape index (κ1) is 13.4. The smallest absolute Gasteiger partial charge is 0.270 e. The van der Waals surface area contributed by atoms with Crippen molar-refractivity contribution in [2.24, 2.45) is 5.14 Å². The van der Waals surface area contributed by atoms with Gasteiger partial charge in [-0.25, -0.2) is 13.6 Å². The Bertz CT molecular complexity index is 635. The second-order valence-electron chi connectivity index (χ2n) is 3.09. The number of rotatable bonds is 4. The molecule has 0 saturated heterocycles. The van der Waals surface area contributed by atoms with Gasteiger partial charge in [0.2, 0.25) is 0 Å². The number of nitrogens with two attached hydrogens (primary N) is 1. The molecule has 0 aliphatic carbocycles. The number of hydrogen-bond donors (Lipinski definition) is 3. The molecular weight excluding hydrogens is 266 g/mol. The Labute approximate surface area is 100.0 Å². The molecule has 9 heteroatoms. The third kappa shape index (κ3) is 4.03. The number of thiol groups is 1. The number of anilines is 1. The number of benzene rings is 1. The normalized spacial score (nSPS) is 11.1. The molecule has 92 valence electrons. The molecule has 0 spiro atoms. The van der Waals surface area contributed by atoms with Gasteiger partial charge in [0, 0.05) is 0 Å². The monoisotopic (exact) mass is 275 g/mol. The van der Waals surface area contributed by atoms with Gasteiger partial charge in [-0.15, -0.1) is 0 Å². The zero-order valence-corrected chi connectivity index (χ0v) is 10.2. The largest absolute Gasteiger partial charge is 0.296 e. The predicted octanol–water partition coefficient (Wildman–Crippen LogP) is -0.715. The lowest BCUT2D eigenvalue weighted by Crippen LogP contribution is -2.22. The van der Waals surface area contributed by atoms with Crippen LogP contribution in [-0.2, 0) is 26.7 Å². The highest BCUT2D eigenvalue weighted by molar-refractivity contribution is 7.90. The zero-order chi connectivity index (χ0) is 13.1. The molecule has 0 atom stereocenters. The van der Waals surface area contributed by atoms with Crippen LogP contribution in [0.1, 0.15) is 11.1 Å². The molecule has 0 radical (unpaired) electrons. The van der Waals surface area contributed by atoms with Gasteiger partial charge in [-0.05, 0) is 11.6 Å². The standard InChI is InChI=1S/C8H9N3O4S2/c9-4-7-6(5-16(12)13)2-1-3-8(7)11-17(10,14)15/h1-3,11,16H,5H2,(H2,10,14,15). The Morgan fingerprint density at radius 1 is 1.41 bits per heavy atom. The lowest BCUT2D eigenvalue weighted by atomic mass is 10.1. The van der Waals surface area contributed by atoms with Gasteiger partial charge in [0.15, 0.2) is 0 Å². The van der Waals surface area contributed by atoms with Crippen molar-refractivity contribution < 1.29 is 16.8 Å². The number of nitrogens with one attached hydrogen (secondary N) is 1. The Balaban J connectivity index is 3.29. The summed E-state index contributed by atoms with van der Waals surface area (Å²) in [6.07, 6.45) is 0. The van der Waals surface area contributed by atoms with Gasteiger partial charge in [0.1, 0.15) is 16.8 Å². The molecule has 7 nitrogen and oxygen atoms in total. The zero-order valence-electron chi connectivity index (χ0n) is 8.45. The van der Waals surface area contributed by atoms with E-state index in [1.54, 1.807) is 6.07 Å². The van der Waals surface area contributed by atoms with E-state index in [1.165, 1.54) is 18.2 Å². The molecule has 0 fully saturated rings. The van der Waals surface area contributed by atoms with Crippen LogP contribution in [-0.4, -0.2) is 16.8 Å². The van der Waals surface area contributed by atoms with Crippen LogP contribution in [0.5, 0.6) is 0 Å². The van der Waals surface area contributed by atoms with Crippen molar-refractivity contribution in [3.05, 3.63) is 29.3 Å². The fraction of sp³-hybridized carbons (Fsp3) is 0.125. The van der Waals surface area contributed by atoms with Gasteiger partial charge < -0.3 is 0 Å². The van der Waals surface area contributed by atoms with Crippen molar-refractivity contribution in [3.63, 3.8) is 0 Å². The highest BCUT2D eigenvalue weighted by Crippen LogP contribution is 2.20. The van der Waals surface area contributed by atoms with E-state index in [-0.39, 0.29) is 22.6 Å². The van der Waals surface area contributed by atoms with Crippen molar-refractivity contribution >= 4 is 26.6 Å². The maximum Gasteiger partial charge on any atom is 0.296 e. The summed E-state index contributed by atoms with van der Waals surface area (Å²) in [4.78, 5) is 0. The molecule has 1 aromatic rings. The maximum absolute atomic E-state index is 10.8. The summed E-state index contributed by atoms with van der Waals surface area (Å²) in [5.41, 5.74) is 0.127. The third-order valence-corrected chi connectivity index (χ3v) is 2.92. The van der Waals surface area contributed by atoms with Crippen LogP contribution < -0.4 is 9.86 Å². The Morgan fingerprint density at radius 2 is 2.06 bits per heavy atom. The first-order valence-corrected chi connectivity index (χ1v) is 7.18. The van der Waals surface area contributed by atoms with Crippen LogP contribution in [0.15, 0.2) is 18.2 Å². The predicted molar refractivity (Wildman–Crippen MR) is 61.9 cm³/mol. The average molecular weight is 275 g/mol. The summed E-state index contributed by atoms with van der Waals surface area (Å²) < 4.78 is 44.8. The van der Waals surface area contributed by atoms with Gasteiger partial charge in [0.05, 0.1) is 17.0 Å². The van der Waals surface area contributed by atoms with Gasteiger partial charge >= 0.3 is 0 Å². The molecule has 0 aliphatic heterocycles.